The van der Waals surface area contributed by atoms with Gasteiger partial charge in [0.15, 0.2) is 0 Å². The molecule has 1 saturated carbocycles. The van der Waals surface area contributed by atoms with Gasteiger partial charge in [0.2, 0.25) is 0 Å². The van der Waals surface area contributed by atoms with Crippen LogP contribution in [0.5, 0.6) is 0 Å². The first-order valence-electron chi connectivity index (χ1n) is 4.10. The second-order valence-electron chi connectivity index (χ2n) is 3.94. The van der Waals surface area contributed by atoms with Crippen molar-refractivity contribution in [2.75, 3.05) is 26.7 Å². The first-order chi connectivity index (χ1) is 5.29. The molecule has 0 aromatic rings. The summed E-state index contributed by atoms with van der Waals surface area (Å²) in [5, 5.41) is 0. The van der Waals surface area contributed by atoms with Crippen LogP contribution in [-0.2, 0) is 9.53 Å². The molecule has 11 heavy (non-hydrogen) atoms. The predicted molar refractivity (Wildman–Crippen MR) is 37.9 cm³/mol. The highest BCUT2D eigenvalue weighted by Crippen LogP contribution is 2.69. The normalized spacial score (nSPS) is 56.3. The Hall–Kier alpha value is -0.570. The Balaban J connectivity index is 1.95. The van der Waals surface area contributed by atoms with Crippen molar-refractivity contribution < 1.29 is 9.53 Å². The number of methoxy groups -OCH3 is 1. The number of nitrogens with zero attached hydrogens (tertiary/aromatic N) is 1. The quantitative estimate of drug-likeness (QED) is 0.485. The maximum absolute atomic E-state index is 11.4. The van der Waals surface area contributed by atoms with E-state index in [0.29, 0.717) is 11.8 Å². The van der Waals surface area contributed by atoms with E-state index in [4.69, 9.17) is 4.74 Å². The van der Waals surface area contributed by atoms with Gasteiger partial charge in [-0.2, -0.15) is 0 Å². The van der Waals surface area contributed by atoms with E-state index in [9.17, 15) is 4.79 Å². The molecule has 4 bridgehead atoms. The van der Waals surface area contributed by atoms with Gasteiger partial charge in [0.1, 0.15) is 0 Å². The van der Waals surface area contributed by atoms with Gasteiger partial charge in [-0.15, -0.1) is 0 Å². The second-order valence-corrected chi connectivity index (χ2v) is 3.94. The molecule has 2 unspecified atom stereocenters. The maximum Gasteiger partial charge on any atom is 0.313 e. The zero-order valence-electron chi connectivity index (χ0n) is 6.54. The van der Waals surface area contributed by atoms with Gasteiger partial charge < -0.3 is 9.64 Å². The summed E-state index contributed by atoms with van der Waals surface area (Å²) in [6.45, 7) is 3.24. The van der Waals surface area contributed by atoms with Crippen LogP contribution < -0.4 is 0 Å². The molecular weight excluding hydrogens is 142 g/mol. The molecule has 3 heterocycles. The highest BCUT2D eigenvalue weighted by Gasteiger charge is 2.78. The molecule has 60 valence electrons. The molecule has 0 aromatic heterocycles. The lowest BCUT2D eigenvalue weighted by Crippen LogP contribution is -2.22. The first kappa shape index (κ1) is 6.00. The van der Waals surface area contributed by atoms with E-state index in [1.165, 1.54) is 7.11 Å². The Kier molecular flexibility index (Phi) is 0.796. The molecule has 4 rings (SSSR count). The summed E-state index contributed by atoms with van der Waals surface area (Å²) >= 11 is 0. The van der Waals surface area contributed by atoms with Gasteiger partial charge in [-0.1, -0.05) is 0 Å². The maximum atomic E-state index is 11.4. The molecule has 0 aromatic carbocycles. The minimum Gasteiger partial charge on any atom is -0.469 e. The van der Waals surface area contributed by atoms with E-state index >= 15 is 0 Å². The SMILES string of the molecule is COC(=O)C12CN3CC1C2C3. The standard InChI is InChI=1S/C8H11NO2/c1-11-7(10)8-4-9-2-5(8)6(8)3-9/h5-6H,2-4H2,1H3. The molecule has 3 saturated heterocycles. The summed E-state index contributed by atoms with van der Waals surface area (Å²) in [5.41, 5.74) is -0.0330. The van der Waals surface area contributed by atoms with Crippen molar-refractivity contribution in [3.8, 4) is 0 Å². The highest BCUT2D eigenvalue weighted by molar-refractivity contribution is 5.83. The van der Waals surface area contributed by atoms with E-state index in [1.807, 2.05) is 0 Å². The van der Waals surface area contributed by atoms with Crippen LogP contribution in [-0.4, -0.2) is 37.6 Å². The third kappa shape index (κ3) is 0.439. The van der Waals surface area contributed by atoms with Gasteiger partial charge in [0, 0.05) is 19.6 Å². The molecule has 3 aliphatic heterocycles. The third-order valence-electron chi connectivity index (χ3n) is 3.66. The number of carbonyl (C=O) groups is 1. The third-order valence-corrected chi connectivity index (χ3v) is 3.66. The lowest BCUT2D eigenvalue weighted by atomic mass is 10.1. The first-order valence-corrected chi connectivity index (χ1v) is 4.10. The van der Waals surface area contributed by atoms with E-state index in [-0.39, 0.29) is 11.4 Å². The van der Waals surface area contributed by atoms with Crippen LogP contribution in [0.4, 0.5) is 0 Å². The number of esters is 1. The fourth-order valence-corrected chi connectivity index (χ4v) is 3.11. The van der Waals surface area contributed by atoms with E-state index < -0.39 is 0 Å². The number of hydrogen-bond donors (Lipinski definition) is 0. The van der Waals surface area contributed by atoms with E-state index in [1.54, 1.807) is 0 Å². The number of rotatable bonds is 1. The Morgan fingerprint density at radius 1 is 1.55 bits per heavy atom. The van der Waals surface area contributed by atoms with Gasteiger partial charge in [-0.05, 0) is 11.8 Å². The molecule has 0 spiro atoms. The van der Waals surface area contributed by atoms with Crippen molar-refractivity contribution in [2.24, 2.45) is 17.3 Å². The van der Waals surface area contributed by atoms with Crippen LogP contribution in [0, 0.1) is 17.3 Å². The lowest BCUT2D eigenvalue weighted by Gasteiger charge is -2.07. The number of hydrogen-bond acceptors (Lipinski definition) is 3. The molecule has 3 nitrogen and oxygen atoms in total. The molecule has 1 aliphatic carbocycles. The average Bonchev–Trinajstić information content (AvgIpc) is 2.57. The van der Waals surface area contributed by atoms with Gasteiger partial charge in [-0.3, -0.25) is 4.79 Å². The van der Waals surface area contributed by atoms with Crippen LogP contribution in [0.15, 0.2) is 0 Å². The fraction of sp³-hybridized carbons (Fsp3) is 0.875. The number of ether oxygens (including phenoxy) is 1. The molecule has 0 radical (unpaired) electrons. The van der Waals surface area contributed by atoms with Gasteiger partial charge in [0.25, 0.3) is 0 Å². The Bertz CT molecular complexity index is 226. The molecule has 4 aliphatic rings. The predicted octanol–water partition coefficient (Wildman–Crippen LogP) is -0.279. The van der Waals surface area contributed by atoms with Crippen LogP contribution in [0.1, 0.15) is 0 Å². The molecule has 2 atom stereocenters. The number of carbonyl (C=O) groups excluding carboxylic acids is 1. The van der Waals surface area contributed by atoms with E-state index in [2.05, 4.69) is 4.90 Å². The largest absolute Gasteiger partial charge is 0.469 e. The number of piperidine rings is 3. The Morgan fingerprint density at radius 3 is 2.55 bits per heavy atom. The summed E-state index contributed by atoms with van der Waals surface area (Å²) in [6, 6.07) is 0. The summed E-state index contributed by atoms with van der Waals surface area (Å²) < 4.78 is 4.81. The van der Waals surface area contributed by atoms with Gasteiger partial charge >= 0.3 is 5.97 Å². The van der Waals surface area contributed by atoms with Gasteiger partial charge in [0.05, 0.1) is 12.5 Å². The van der Waals surface area contributed by atoms with Crippen molar-refractivity contribution in [1.29, 1.82) is 0 Å². The monoisotopic (exact) mass is 153 g/mol. The van der Waals surface area contributed by atoms with Gasteiger partial charge in [-0.25, -0.2) is 0 Å². The summed E-state index contributed by atoms with van der Waals surface area (Å²) in [6.07, 6.45) is 0. The van der Waals surface area contributed by atoms with Crippen LogP contribution in [0.25, 0.3) is 0 Å². The Morgan fingerprint density at radius 2 is 2.18 bits per heavy atom. The second kappa shape index (κ2) is 1.46. The fourth-order valence-electron chi connectivity index (χ4n) is 3.11. The summed E-state index contributed by atoms with van der Waals surface area (Å²) in [7, 11) is 1.50. The zero-order chi connectivity index (χ0) is 7.64. The minimum absolute atomic E-state index is 0.0330. The van der Waals surface area contributed by atoms with Crippen molar-refractivity contribution >= 4 is 5.97 Å². The van der Waals surface area contributed by atoms with E-state index in [0.717, 1.165) is 19.6 Å². The molecule has 3 heteroatoms. The van der Waals surface area contributed by atoms with Crippen molar-refractivity contribution in [3.63, 3.8) is 0 Å². The summed E-state index contributed by atoms with van der Waals surface area (Å²) in [5.74, 6) is 1.33. The highest BCUT2D eigenvalue weighted by atomic mass is 16.5. The summed E-state index contributed by atoms with van der Waals surface area (Å²) in [4.78, 5) is 13.7. The van der Waals surface area contributed by atoms with Crippen molar-refractivity contribution in [3.05, 3.63) is 0 Å². The lowest BCUT2D eigenvalue weighted by molar-refractivity contribution is -0.147. The van der Waals surface area contributed by atoms with Crippen molar-refractivity contribution in [2.45, 2.75) is 0 Å². The van der Waals surface area contributed by atoms with Crippen LogP contribution in [0.3, 0.4) is 0 Å². The molecular formula is C8H11NO2. The molecule has 0 amide bonds. The van der Waals surface area contributed by atoms with Crippen LogP contribution in [0.2, 0.25) is 0 Å². The van der Waals surface area contributed by atoms with Crippen molar-refractivity contribution in [1.82, 2.24) is 4.90 Å². The Labute approximate surface area is 65.3 Å². The molecule has 4 fully saturated rings. The average molecular weight is 153 g/mol. The minimum atomic E-state index is -0.0330. The van der Waals surface area contributed by atoms with Crippen LogP contribution >= 0.6 is 0 Å². The smallest absolute Gasteiger partial charge is 0.313 e. The topological polar surface area (TPSA) is 29.5 Å². The zero-order valence-corrected chi connectivity index (χ0v) is 6.54. The molecule has 0 N–H and O–H groups in total.